The minimum absolute atomic E-state index is 0.280. The summed E-state index contributed by atoms with van der Waals surface area (Å²) in [4.78, 5) is 12.9. The predicted octanol–water partition coefficient (Wildman–Crippen LogP) is 6.09. The Hall–Kier alpha value is -3.74. The van der Waals surface area contributed by atoms with Gasteiger partial charge in [0.25, 0.3) is 0 Å². The van der Waals surface area contributed by atoms with Gasteiger partial charge in [0.05, 0.1) is 0 Å². The molecule has 1 aliphatic rings. The number of benzene rings is 3. The SMILES string of the molecule is O=C1Nc2ccc(OC(F)(F)F)cc2-c2ccccc2NC1C/C=C/c1ccccc1. The summed E-state index contributed by atoms with van der Waals surface area (Å²) in [5, 5.41) is 6.04. The smallest absolute Gasteiger partial charge is 0.406 e. The lowest BCUT2D eigenvalue weighted by Gasteiger charge is -2.25. The lowest BCUT2D eigenvalue weighted by atomic mass is 9.98. The highest BCUT2D eigenvalue weighted by molar-refractivity contribution is 6.03. The Bertz CT molecular complexity index is 1110. The molecule has 1 atom stereocenters. The van der Waals surface area contributed by atoms with Crippen LogP contribution in [-0.2, 0) is 4.79 Å². The molecule has 0 radical (unpaired) electrons. The van der Waals surface area contributed by atoms with E-state index in [4.69, 9.17) is 0 Å². The highest BCUT2D eigenvalue weighted by Crippen LogP contribution is 2.39. The fourth-order valence-corrected chi connectivity index (χ4v) is 3.44. The van der Waals surface area contributed by atoms with Crippen LogP contribution in [0.5, 0.6) is 5.75 Å². The number of hydrogen-bond donors (Lipinski definition) is 2. The zero-order valence-electron chi connectivity index (χ0n) is 16.3. The molecule has 3 aromatic carbocycles. The first-order valence-electron chi connectivity index (χ1n) is 9.67. The maximum Gasteiger partial charge on any atom is 0.573 e. The lowest BCUT2D eigenvalue weighted by molar-refractivity contribution is -0.274. The maximum absolute atomic E-state index is 12.9. The minimum Gasteiger partial charge on any atom is -0.406 e. The van der Waals surface area contributed by atoms with Gasteiger partial charge >= 0.3 is 6.36 Å². The Kier molecular flexibility index (Phi) is 5.66. The Balaban J connectivity index is 1.64. The van der Waals surface area contributed by atoms with E-state index in [0.717, 1.165) is 5.56 Å². The van der Waals surface area contributed by atoms with Crippen LogP contribution in [0.15, 0.2) is 78.9 Å². The number of nitrogens with one attached hydrogen (secondary N) is 2. The van der Waals surface area contributed by atoms with Gasteiger partial charge in [0.15, 0.2) is 0 Å². The number of halogens is 3. The summed E-state index contributed by atoms with van der Waals surface area (Å²) in [6.45, 7) is 0. The Morgan fingerprint density at radius 1 is 0.903 bits per heavy atom. The summed E-state index contributed by atoms with van der Waals surface area (Å²) in [5.74, 6) is -0.629. The van der Waals surface area contributed by atoms with Gasteiger partial charge in [-0.05, 0) is 36.2 Å². The molecule has 1 unspecified atom stereocenters. The Morgan fingerprint density at radius 3 is 2.42 bits per heavy atom. The van der Waals surface area contributed by atoms with E-state index in [9.17, 15) is 18.0 Å². The molecule has 4 nitrogen and oxygen atoms in total. The molecule has 1 aliphatic heterocycles. The first-order chi connectivity index (χ1) is 14.9. The molecule has 4 rings (SSSR count). The lowest BCUT2D eigenvalue weighted by Crippen LogP contribution is -2.35. The van der Waals surface area contributed by atoms with Crippen LogP contribution >= 0.6 is 0 Å². The fourth-order valence-electron chi connectivity index (χ4n) is 3.44. The molecule has 0 spiro atoms. The van der Waals surface area contributed by atoms with Crippen molar-refractivity contribution >= 4 is 23.4 Å². The minimum atomic E-state index is -4.80. The molecule has 3 aromatic rings. The van der Waals surface area contributed by atoms with Gasteiger partial charge in [-0.25, -0.2) is 0 Å². The molecule has 1 heterocycles. The van der Waals surface area contributed by atoms with Gasteiger partial charge in [-0.15, -0.1) is 13.2 Å². The summed E-state index contributed by atoms with van der Waals surface area (Å²) >= 11 is 0. The van der Waals surface area contributed by atoms with Gasteiger partial charge < -0.3 is 15.4 Å². The van der Waals surface area contributed by atoms with Crippen LogP contribution in [0.25, 0.3) is 17.2 Å². The van der Waals surface area contributed by atoms with Crippen molar-refractivity contribution in [3.8, 4) is 16.9 Å². The van der Waals surface area contributed by atoms with E-state index in [0.29, 0.717) is 28.9 Å². The molecular weight excluding hydrogens is 405 g/mol. The van der Waals surface area contributed by atoms with Crippen molar-refractivity contribution < 1.29 is 22.7 Å². The molecule has 0 saturated heterocycles. The van der Waals surface area contributed by atoms with Gasteiger partial charge in [0, 0.05) is 22.5 Å². The van der Waals surface area contributed by atoms with Gasteiger partial charge in [0.2, 0.25) is 5.91 Å². The number of hydrogen-bond acceptors (Lipinski definition) is 3. The second kappa shape index (κ2) is 8.55. The van der Waals surface area contributed by atoms with Crippen LogP contribution in [0.3, 0.4) is 0 Å². The van der Waals surface area contributed by atoms with E-state index in [1.54, 1.807) is 24.3 Å². The molecule has 0 aliphatic carbocycles. The highest BCUT2D eigenvalue weighted by atomic mass is 19.4. The van der Waals surface area contributed by atoms with Crippen LogP contribution in [0.4, 0.5) is 24.5 Å². The van der Waals surface area contributed by atoms with Crippen molar-refractivity contribution in [1.82, 2.24) is 0 Å². The molecule has 0 fully saturated rings. The van der Waals surface area contributed by atoms with Gasteiger partial charge in [0.1, 0.15) is 11.8 Å². The third-order valence-corrected chi connectivity index (χ3v) is 4.83. The van der Waals surface area contributed by atoms with Gasteiger partial charge in [-0.1, -0.05) is 60.7 Å². The largest absolute Gasteiger partial charge is 0.573 e. The maximum atomic E-state index is 12.9. The van der Waals surface area contributed by atoms with Gasteiger partial charge in [-0.3, -0.25) is 4.79 Å². The molecular formula is C24H19F3N2O2. The zero-order valence-corrected chi connectivity index (χ0v) is 16.3. The third kappa shape index (κ3) is 5.06. The zero-order chi connectivity index (χ0) is 21.8. The van der Waals surface area contributed by atoms with Gasteiger partial charge in [-0.2, -0.15) is 0 Å². The number of anilines is 2. The normalized spacial score (nSPS) is 15.8. The van der Waals surface area contributed by atoms with Crippen LogP contribution < -0.4 is 15.4 Å². The van der Waals surface area contributed by atoms with E-state index >= 15 is 0 Å². The second-order valence-corrected chi connectivity index (χ2v) is 7.04. The summed E-state index contributed by atoms with van der Waals surface area (Å²) in [5.41, 5.74) is 3.21. The van der Waals surface area contributed by atoms with Crippen molar-refractivity contribution in [3.63, 3.8) is 0 Å². The molecule has 0 saturated carbocycles. The molecule has 2 N–H and O–H groups in total. The van der Waals surface area contributed by atoms with Crippen molar-refractivity contribution in [2.24, 2.45) is 0 Å². The number of rotatable bonds is 4. The standard InChI is InChI=1S/C24H19F3N2O2/c25-24(26,27)31-17-13-14-21-19(15-17)18-10-4-5-11-20(18)28-22(23(30)29-21)12-6-9-16-7-2-1-3-8-16/h1-11,13-15,22,28H,12H2,(H,29,30)/b9-6+. The summed E-state index contributed by atoms with van der Waals surface area (Å²) in [6.07, 6.45) is -0.515. The summed E-state index contributed by atoms with van der Waals surface area (Å²) < 4.78 is 42.0. The third-order valence-electron chi connectivity index (χ3n) is 4.83. The van der Waals surface area contributed by atoms with Crippen LogP contribution in [-0.4, -0.2) is 18.3 Å². The number of ether oxygens (including phenoxy) is 1. The predicted molar refractivity (Wildman–Crippen MR) is 115 cm³/mol. The monoisotopic (exact) mass is 424 g/mol. The van der Waals surface area contributed by atoms with Crippen molar-refractivity contribution in [2.45, 2.75) is 18.8 Å². The Morgan fingerprint density at radius 2 is 1.65 bits per heavy atom. The van der Waals surface area contributed by atoms with E-state index in [1.807, 2.05) is 42.5 Å². The van der Waals surface area contributed by atoms with Crippen molar-refractivity contribution in [3.05, 3.63) is 84.4 Å². The molecule has 0 aromatic heterocycles. The van der Waals surface area contributed by atoms with Crippen molar-refractivity contribution in [2.75, 3.05) is 10.6 Å². The molecule has 0 bridgehead atoms. The number of carbonyl (C=O) groups excluding carboxylic acids is 1. The first kappa shape index (κ1) is 20.5. The summed E-state index contributed by atoms with van der Waals surface area (Å²) in [6, 6.07) is 20.2. The molecule has 158 valence electrons. The number of alkyl halides is 3. The van der Waals surface area contributed by atoms with E-state index in [-0.39, 0.29) is 11.7 Å². The first-order valence-corrected chi connectivity index (χ1v) is 9.67. The highest BCUT2D eigenvalue weighted by Gasteiger charge is 2.32. The topological polar surface area (TPSA) is 50.4 Å². The number of carbonyl (C=O) groups is 1. The van der Waals surface area contributed by atoms with Crippen LogP contribution in [0.1, 0.15) is 12.0 Å². The molecule has 1 amide bonds. The number of para-hydroxylation sites is 1. The Labute approximate surface area is 177 Å². The van der Waals surface area contributed by atoms with Crippen LogP contribution in [0.2, 0.25) is 0 Å². The van der Waals surface area contributed by atoms with E-state index in [2.05, 4.69) is 15.4 Å². The quantitative estimate of drug-likeness (QED) is 0.533. The molecule has 7 heteroatoms. The number of fused-ring (bicyclic) bond motifs is 3. The fraction of sp³-hybridized carbons (Fsp3) is 0.125. The average Bonchev–Trinajstić information content (AvgIpc) is 2.73. The second-order valence-electron chi connectivity index (χ2n) is 7.04. The summed E-state index contributed by atoms with van der Waals surface area (Å²) in [7, 11) is 0. The van der Waals surface area contributed by atoms with E-state index in [1.165, 1.54) is 18.2 Å². The van der Waals surface area contributed by atoms with Crippen molar-refractivity contribution in [1.29, 1.82) is 0 Å². The van der Waals surface area contributed by atoms with Crippen LogP contribution in [0, 0.1) is 0 Å². The van der Waals surface area contributed by atoms with E-state index < -0.39 is 12.4 Å². The molecule has 31 heavy (non-hydrogen) atoms. The average molecular weight is 424 g/mol. The number of amides is 1.